The number of piperidine rings is 1. The van der Waals surface area contributed by atoms with Gasteiger partial charge in [0.25, 0.3) is 0 Å². The second kappa shape index (κ2) is 9.05. The zero-order valence-electron chi connectivity index (χ0n) is 16.8. The molecule has 154 valence electrons. The van der Waals surface area contributed by atoms with Crippen molar-refractivity contribution in [3.63, 3.8) is 0 Å². The van der Waals surface area contributed by atoms with E-state index >= 15 is 0 Å². The summed E-state index contributed by atoms with van der Waals surface area (Å²) in [7, 11) is 0. The van der Waals surface area contributed by atoms with Crippen LogP contribution in [-0.2, 0) is 25.7 Å². The fourth-order valence-electron chi connectivity index (χ4n) is 4.26. The van der Waals surface area contributed by atoms with Gasteiger partial charge in [0.05, 0.1) is 30.7 Å². The number of carboxylic acid groups (broad SMARTS) is 1. The minimum atomic E-state index is -0.766. The van der Waals surface area contributed by atoms with Crippen molar-refractivity contribution in [2.45, 2.75) is 45.8 Å². The summed E-state index contributed by atoms with van der Waals surface area (Å²) in [6.07, 6.45) is 1.96. The number of nitrogens with zero attached hydrogens (tertiary/aromatic N) is 1. The molecule has 6 nitrogen and oxygen atoms in total. The third kappa shape index (κ3) is 4.92. The topological polar surface area (TPSA) is 76.1 Å². The lowest BCUT2D eigenvalue weighted by atomic mass is 9.83. The van der Waals surface area contributed by atoms with Gasteiger partial charge in [0.2, 0.25) is 5.91 Å². The zero-order chi connectivity index (χ0) is 20.1. The molecule has 1 N–H and O–H groups in total. The van der Waals surface area contributed by atoms with Gasteiger partial charge in [-0.2, -0.15) is 0 Å². The van der Waals surface area contributed by atoms with Crippen LogP contribution >= 0.6 is 0 Å². The van der Waals surface area contributed by atoms with Crippen LogP contribution in [0, 0.1) is 17.3 Å². The van der Waals surface area contributed by atoms with E-state index in [1.807, 2.05) is 49.1 Å². The van der Waals surface area contributed by atoms with E-state index in [4.69, 9.17) is 9.47 Å². The molecule has 1 aromatic rings. The van der Waals surface area contributed by atoms with E-state index in [-0.39, 0.29) is 17.9 Å². The molecular weight excluding hydrogens is 358 g/mol. The van der Waals surface area contributed by atoms with Gasteiger partial charge in [0.1, 0.15) is 0 Å². The third-order valence-corrected chi connectivity index (χ3v) is 5.90. The average Bonchev–Trinajstić information content (AvgIpc) is 3.18. The summed E-state index contributed by atoms with van der Waals surface area (Å²) in [5.74, 6) is -0.862. The number of benzene rings is 1. The van der Waals surface area contributed by atoms with E-state index in [1.54, 1.807) is 0 Å². The van der Waals surface area contributed by atoms with Crippen molar-refractivity contribution in [1.82, 2.24) is 4.90 Å². The average molecular weight is 389 g/mol. The van der Waals surface area contributed by atoms with Gasteiger partial charge >= 0.3 is 5.97 Å². The molecule has 2 saturated heterocycles. The maximum Gasteiger partial charge on any atom is 0.309 e. The first-order valence-electron chi connectivity index (χ1n) is 10.1. The van der Waals surface area contributed by atoms with Gasteiger partial charge in [-0.25, -0.2) is 0 Å². The third-order valence-electron chi connectivity index (χ3n) is 5.90. The molecule has 3 rings (SSSR count). The molecule has 2 aliphatic heterocycles. The van der Waals surface area contributed by atoms with Crippen LogP contribution < -0.4 is 0 Å². The molecule has 0 spiro atoms. The lowest BCUT2D eigenvalue weighted by Crippen LogP contribution is -2.48. The molecule has 2 atom stereocenters. The van der Waals surface area contributed by atoms with Gasteiger partial charge in [-0.15, -0.1) is 0 Å². The molecule has 0 bridgehead atoms. The molecule has 1 amide bonds. The molecule has 6 heteroatoms. The van der Waals surface area contributed by atoms with Crippen LogP contribution in [0.3, 0.4) is 0 Å². The molecule has 1 unspecified atom stereocenters. The van der Waals surface area contributed by atoms with E-state index in [2.05, 4.69) is 0 Å². The number of ether oxygens (including phenoxy) is 2. The SMILES string of the molecule is CC(C)(COCc1ccccc1)C(=O)N1CCC([C@@H]2OCCC2C(=O)O)CC1. The van der Waals surface area contributed by atoms with Crippen LogP contribution in [0.15, 0.2) is 30.3 Å². The van der Waals surface area contributed by atoms with Crippen LogP contribution in [0.2, 0.25) is 0 Å². The second-order valence-corrected chi connectivity index (χ2v) is 8.56. The fourth-order valence-corrected chi connectivity index (χ4v) is 4.26. The maximum atomic E-state index is 13.0. The molecule has 2 fully saturated rings. The highest BCUT2D eigenvalue weighted by Gasteiger charge is 2.42. The normalized spacial score (nSPS) is 23.7. The zero-order valence-corrected chi connectivity index (χ0v) is 16.8. The minimum Gasteiger partial charge on any atom is -0.481 e. The summed E-state index contributed by atoms with van der Waals surface area (Å²) in [6, 6.07) is 9.93. The van der Waals surface area contributed by atoms with E-state index in [0.29, 0.717) is 39.3 Å². The van der Waals surface area contributed by atoms with E-state index in [1.165, 1.54) is 0 Å². The standard InChI is InChI=1S/C22H31NO5/c1-22(2,15-27-14-16-6-4-3-5-7-16)21(26)23-11-8-17(9-12-23)19-18(20(24)25)10-13-28-19/h3-7,17-19H,8-15H2,1-2H3,(H,24,25)/t18?,19-/m0/s1. The summed E-state index contributed by atoms with van der Waals surface area (Å²) in [4.78, 5) is 26.3. The Bertz CT molecular complexity index is 667. The molecule has 0 aromatic heterocycles. The fraction of sp³-hybridized carbons (Fsp3) is 0.636. The Morgan fingerprint density at radius 2 is 1.86 bits per heavy atom. The van der Waals surface area contributed by atoms with Crippen LogP contribution in [0.25, 0.3) is 0 Å². The molecular formula is C22H31NO5. The first-order valence-corrected chi connectivity index (χ1v) is 10.1. The van der Waals surface area contributed by atoms with Crippen LogP contribution in [-0.4, -0.2) is 54.3 Å². The highest BCUT2D eigenvalue weighted by atomic mass is 16.5. The van der Waals surface area contributed by atoms with Crippen molar-refractivity contribution >= 4 is 11.9 Å². The maximum absolute atomic E-state index is 13.0. The first-order chi connectivity index (χ1) is 13.4. The summed E-state index contributed by atoms with van der Waals surface area (Å²) >= 11 is 0. The molecule has 2 aliphatic rings. The molecule has 0 radical (unpaired) electrons. The number of hydrogen-bond donors (Lipinski definition) is 1. The second-order valence-electron chi connectivity index (χ2n) is 8.56. The number of carboxylic acids is 1. The van der Waals surface area contributed by atoms with Crippen molar-refractivity contribution in [3.05, 3.63) is 35.9 Å². The number of rotatable bonds is 7. The highest BCUT2D eigenvalue weighted by molar-refractivity contribution is 5.82. The highest BCUT2D eigenvalue weighted by Crippen LogP contribution is 2.34. The van der Waals surface area contributed by atoms with Crippen molar-refractivity contribution in [2.24, 2.45) is 17.3 Å². The predicted octanol–water partition coefficient (Wildman–Crippen LogP) is 2.96. The molecule has 0 aliphatic carbocycles. The molecule has 28 heavy (non-hydrogen) atoms. The Hall–Kier alpha value is -1.92. The Labute approximate surface area is 166 Å². The first kappa shape index (κ1) is 20.8. The largest absolute Gasteiger partial charge is 0.481 e. The summed E-state index contributed by atoms with van der Waals surface area (Å²) in [6.45, 7) is 6.53. The Kier molecular flexibility index (Phi) is 6.73. The van der Waals surface area contributed by atoms with Crippen LogP contribution in [0.1, 0.15) is 38.7 Å². The Balaban J connectivity index is 1.47. The molecule has 1 aromatic carbocycles. The van der Waals surface area contributed by atoms with Crippen molar-refractivity contribution in [3.8, 4) is 0 Å². The summed E-state index contributed by atoms with van der Waals surface area (Å²) < 4.78 is 11.5. The lowest BCUT2D eigenvalue weighted by molar-refractivity contribution is -0.149. The van der Waals surface area contributed by atoms with Crippen molar-refractivity contribution in [1.29, 1.82) is 0 Å². The van der Waals surface area contributed by atoms with E-state index in [9.17, 15) is 14.7 Å². The summed E-state index contributed by atoms with van der Waals surface area (Å²) in [5.41, 5.74) is 0.505. The van der Waals surface area contributed by atoms with Crippen molar-refractivity contribution < 1.29 is 24.2 Å². The predicted molar refractivity (Wildman–Crippen MR) is 105 cm³/mol. The number of hydrogen-bond acceptors (Lipinski definition) is 4. The van der Waals surface area contributed by atoms with Gasteiger partial charge in [-0.05, 0) is 44.6 Å². The minimum absolute atomic E-state index is 0.0983. The monoisotopic (exact) mass is 389 g/mol. The lowest BCUT2D eigenvalue weighted by Gasteiger charge is -2.38. The smallest absolute Gasteiger partial charge is 0.309 e. The molecule has 0 saturated carbocycles. The number of carbonyl (C=O) groups is 2. The van der Waals surface area contributed by atoms with Crippen molar-refractivity contribution in [2.75, 3.05) is 26.3 Å². The van der Waals surface area contributed by atoms with Gasteiger partial charge in [-0.3, -0.25) is 9.59 Å². The van der Waals surface area contributed by atoms with E-state index < -0.39 is 17.3 Å². The quantitative estimate of drug-likeness (QED) is 0.776. The van der Waals surface area contributed by atoms with Gasteiger partial charge < -0.3 is 19.5 Å². The number of aliphatic carboxylic acids is 1. The van der Waals surface area contributed by atoms with Gasteiger partial charge in [0, 0.05) is 19.7 Å². The number of amides is 1. The number of carbonyl (C=O) groups excluding carboxylic acids is 1. The molecule has 2 heterocycles. The van der Waals surface area contributed by atoms with Crippen LogP contribution in [0.4, 0.5) is 0 Å². The summed E-state index contributed by atoms with van der Waals surface area (Å²) in [5, 5.41) is 9.37. The van der Waals surface area contributed by atoms with Crippen LogP contribution in [0.5, 0.6) is 0 Å². The van der Waals surface area contributed by atoms with Gasteiger partial charge in [0.15, 0.2) is 0 Å². The van der Waals surface area contributed by atoms with Gasteiger partial charge in [-0.1, -0.05) is 30.3 Å². The Morgan fingerprint density at radius 1 is 1.18 bits per heavy atom. The number of likely N-dealkylation sites (tertiary alicyclic amines) is 1. The van der Waals surface area contributed by atoms with E-state index in [0.717, 1.165) is 18.4 Å². The Morgan fingerprint density at radius 3 is 2.50 bits per heavy atom.